The van der Waals surface area contributed by atoms with E-state index in [1.54, 1.807) is 13.0 Å². The third-order valence-corrected chi connectivity index (χ3v) is 4.44. The summed E-state index contributed by atoms with van der Waals surface area (Å²) in [5, 5.41) is 2.31. The van der Waals surface area contributed by atoms with E-state index in [4.69, 9.17) is 9.29 Å². The second kappa shape index (κ2) is 9.29. The Labute approximate surface area is 158 Å². The molecule has 0 aliphatic heterocycles. The first-order valence-corrected chi connectivity index (χ1v) is 9.95. The minimum atomic E-state index is -4.46. The van der Waals surface area contributed by atoms with Gasteiger partial charge in [0, 0.05) is 0 Å². The highest BCUT2D eigenvalue weighted by molar-refractivity contribution is 7.85. The molecule has 0 spiro atoms. The van der Waals surface area contributed by atoms with E-state index < -0.39 is 33.8 Å². The monoisotopic (exact) mass is 391 g/mol. The molecule has 0 aliphatic carbocycles. The normalized spacial score (nSPS) is 12.2. The summed E-state index contributed by atoms with van der Waals surface area (Å²) in [7, 11) is -4.46. The first-order chi connectivity index (χ1) is 12.8. The summed E-state index contributed by atoms with van der Waals surface area (Å²) in [4.78, 5) is 24.1. The quantitative estimate of drug-likeness (QED) is 0.525. The van der Waals surface area contributed by atoms with Crippen molar-refractivity contribution in [3.8, 4) is 11.1 Å². The van der Waals surface area contributed by atoms with E-state index in [0.717, 1.165) is 11.1 Å². The Kier molecular flexibility index (Phi) is 7.09. The van der Waals surface area contributed by atoms with Gasteiger partial charge in [0.15, 0.2) is 0 Å². The van der Waals surface area contributed by atoms with Gasteiger partial charge in [-0.25, -0.2) is 4.79 Å². The van der Waals surface area contributed by atoms with Crippen LogP contribution in [0.15, 0.2) is 54.6 Å². The molecule has 1 amide bonds. The number of hydrogen-bond acceptors (Lipinski definition) is 5. The number of nitrogens with one attached hydrogen (secondary N) is 1. The van der Waals surface area contributed by atoms with E-state index >= 15 is 0 Å². The molecule has 27 heavy (non-hydrogen) atoms. The van der Waals surface area contributed by atoms with Crippen molar-refractivity contribution in [3.05, 3.63) is 60.2 Å². The number of hydrogen-bond donors (Lipinski definition) is 2. The van der Waals surface area contributed by atoms with Crippen LogP contribution in [0, 0.1) is 0 Å². The number of benzene rings is 2. The maximum absolute atomic E-state index is 12.3. The molecular formula is C19H21NO6S. The molecule has 0 aromatic heterocycles. The molecule has 0 bridgehead atoms. The zero-order valence-electron chi connectivity index (χ0n) is 14.8. The van der Waals surface area contributed by atoms with Crippen molar-refractivity contribution in [2.45, 2.75) is 19.4 Å². The molecule has 1 atom stereocenters. The molecule has 0 saturated heterocycles. The van der Waals surface area contributed by atoms with Crippen LogP contribution < -0.4 is 5.32 Å². The van der Waals surface area contributed by atoms with E-state index in [1.807, 2.05) is 48.5 Å². The molecule has 0 unspecified atom stereocenters. The van der Waals surface area contributed by atoms with Gasteiger partial charge in [0.2, 0.25) is 5.91 Å². The number of carbonyl (C=O) groups excluding carboxylic acids is 2. The van der Waals surface area contributed by atoms with Crippen molar-refractivity contribution in [2.24, 2.45) is 0 Å². The fourth-order valence-corrected chi connectivity index (χ4v) is 3.18. The summed E-state index contributed by atoms with van der Waals surface area (Å²) in [5.74, 6) is -2.41. The Morgan fingerprint density at radius 3 is 2.37 bits per heavy atom. The van der Waals surface area contributed by atoms with Gasteiger partial charge in [0.1, 0.15) is 11.8 Å². The Hall–Kier alpha value is -2.71. The third-order valence-electron chi connectivity index (χ3n) is 3.68. The average Bonchev–Trinajstić information content (AvgIpc) is 2.61. The lowest BCUT2D eigenvalue weighted by Gasteiger charge is -2.16. The fourth-order valence-electron chi connectivity index (χ4n) is 2.54. The van der Waals surface area contributed by atoms with Crippen LogP contribution in [-0.4, -0.2) is 43.2 Å². The van der Waals surface area contributed by atoms with Crippen LogP contribution in [0.3, 0.4) is 0 Å². The smallest absolute Gasteiger partial charge is 0.329 e. The van der Waals surface area contributed by atoms with Crippen molar-refractivity contribution in [1.82, 2.24) is 5.32 Å². The van der Waals surface area contributed by atoms with Crippen LogP contribution in [0.1, 0.15) is 12.5 Å². The number of esters is 1. The largest absolute Gasteiger partial charge is 0.464 e. The Balaban J connectivity index is 2.10. The fraction of sp³-hybridized carbons (Fsp3) is 0.263. The van der Waals surface area contributed by atoms with Crippen LogP contribution in [0.4, 0.5) is 0 Å². The molecule has 2 N–H and O–H groups in total. The molecule has 0 fully saturated rings. The van der Waals surface area contributed by atoms with Crippen LogP contribution in [0.5, 0.6) is 0 Å². The second-order valence-corrected chi connectivity index (χ2v) is 7.36. The van der Waals surface area contributed by atoms with Gasteiger partial charge in [-0.2, -0.15) is 8.42 Å². The Morgan fingerprint density at radius 1 is 1.07 bits per heavy atom. The second-order valence-electron chi connectivity index (χ2n) is 5.86. The van der Waals surface area contributed by atoms with E-state index in [9.17, 15) is 18.0 Å². The molecule has 2 rings (SSSR count). The zero-order chi connectivity index (χ0) is 19.9. The predicted molar refractivity (Wildman–Crippen MR) is 101 cm³/mol. The topological polar surface area (TPSA) is 110 Å². The average molecular weight is 391 g/mol. The van der Waals surface area contributed by atoms with Crippen molar-refractivity contribution in [2.75, 3.05) is 12.4 Å². The van der Waals surface area contributed by atoms with Crippen molar-refractivity contribution < 1.29 is 27.3 Å². The molecule has 7 nitrogen and oxygen atoms in total. The number of rotatable bonds is 8. The number of ether oxygens (including phenoxy) is 1. The van der Waals surface area contributed by atoms with Crippen molar-refractivity contribution in [1.29, 1.82) is 0 Å². The maximum Gasteiger partial charge on any atom is 0.329 e. The summed E-state index contributed by atoms with van der Waals surface area (Å²) >= 11 is 0. The standard InChI is InChI=1S/C19H21NO6S/c1-2-26-19(22)17(13-27(23,24)25)20-18(21)12-14-7-6-10-16(11-14)15-8-4-3-5-9-15/h3-11,17H,2,12-13H2,1H3,(H,20,21)(H,23,24,25)/t17-/m0/s1. The molecule has 8 heteroatoms. The van der Waals surface area contributed by atoms with E-state index in [2.05, 4.69) is 5.32 Å². The SMILES string of the molecule is CCOC(=O)[C@H](CS(=O)(=O)O)NC(=O)Cc1cccc(-c2ccccc2)c1. The third kappa shape index (κ3) is 6.84. The molecule has 2 aromatic rings. The lowest BCUT2D eigenvalue weighted by molar-refractivity contribution is -0.146. The van der Waals surface area contributed by atoms with Crippen LogP contribution in [0.25, 0.3) is 11.1 Å². The van der Waals surface area contributed by atoms with E-state index in [0.29, 0.717) is 5.56 Å². The van der Waals surface area contributed by atoms with Crippen molar-refractivity contribution in [3.63, 3.8) is 0 Å². The summed E-state index contributed by atoms with van der Waals surface area (Å²) in [5.41, 5.74) is 2.62. The molecule has 0 aliphatic rings. The van der Waals surface area contributed by atoms with Gasteiger partial charge in [0.25, 0.3) is 10.1 Å². The lowest BCUT2D eigenvalue weighted by atomic mass is 10.0. The molecular weight excluding hydrogens is 370 g/mol. The van der Waals surface area contributed by atoms with Gasteiger partial charge in [-0.05, 0) is 23.6 Å². The predicted octanol–water partition coefficient (Wildman–Crippen LogP) is 1.83. The van der Waals surface area contributed by atoms with E-state index in [1.165, 1.54) is 0 Å². The summed E-state index contributed by atoms with van der Waals surface area (Å²) in [6.07, 6.45) is -0.0535. The van der Waals surface area contributed by atoms with Gasteiger partial charge < -0.3 is 10.1 Å². The molecule has 0 saturated carbocycles. The summed E-state index contributed by atoms with van der Waals surface area (Å²) < 4.78 is 35.9. The molecule has 0 radical (unpaired) electrons. The highest BCUT2D eigenvalue weighted by Crippen LogP contribution is 2.20. The van der Waals surface area contributed by atoms with Gasteiger partial charge >= 0.3 is 5.97 Å². The van der Waals surface area contributed by atoms with Crippen LogP contribution in [-0.2, 0) is 30.9 Å². The summed E-state index contributed by atoms with van der Waals surface area (Å²) in [6, 6.07) is 15.5. The van der Waals surface area contributed by atoms with Crippen LogP contribution >= 0.6 is 0 Å². The van der Waals surface area contributed by atoms with Crippen molar-refractivity contribution >= 4 is 22.0 Å². The minimum absolute atomic E-state index is 0.0236. The lowest BCUT2D eigenvalue weighted by Crippen LogP contribution is -2.46. The zero-order valence-corrected chi connectivity index (χ0v) is 15.6. The number of amides is 1. The molecule has 144 valence electrons. The van der Waals surface area contributed by atoms with Gasteiger partial charge in [-0.1, -0.05) is 54.6 Å². The first kappa shape index (κ1) is 20.6. The van der Waals surface area contributed by atoms with Gasteiger partial charge in [0.05, 0.1) is 13.0 Å². The van der Waals surface area contributed by atoms with Crippen LogP contribution in [0.2, 0.25) is 0 Å². The maximum atomic E-state index is 12.3. The highest BCUT2D eigenvalue weighted by Gasteiger charge is 2.27. The first-order valence-electron chi connectivity index (χ1n) is 8.34. The minimum Gasteiger partial charge on any atom is -0.464 e. The summed E-state index contributed by atoms with van der Waals surface area (Å²) in [6.45, 7) is 1.58. The van der Waals surface area contributed by atoms with Gasteiger partial charge in [-0.15, -0.1) is 0 Å². The number of carbonyl (C=O) groups is 2. The molecule has 0 heterocycles. The Bertz CT molecular complexity index is 895. The highest BCUT2D eigenvalue weighted by atomic mass is 32.2. The molecule has 2 aromatic carbocycles. The van der Waals surface area contributed by atoms with Gasteiger partial charge in [-0.3, -0.25) is 9.35 Å². The van der Waals surface area contributed by atoms with E-state index in [-0.39, 0.29) is 13.0 Å². The Morgan fingerprint density at radius 2 is 1.74 bits per heavy atom.